The Morgan fingerprint density at radius 3 is 2.19 bits per heavy atom. The van der Waals surface area contributed by atoms with Gasteiger partial charge in [0.15, 0.2) is 0 Å². The first kappa shape index (κ1) is 14.4. The van der Waals surface area contributed by atoms with Crippen molar-refractivity contribution in [1.29, 1.82) is 0 Å². The van der Waals surface area contributed by atoms with Crippen LogP contribution in [0.25, 0.3) is 11.1 Å². The van der Waals surface area contributed by atoms with Gasteiger partial charge in [-0.1, -0.05) is 0 Å². The maximum Gasteiger partial charge on any atom is 0.336 e. The van der Waals surface area contributed by atoms with Crippen LogP contribution in [0.1, 0.15) is 10.4 Å². The van der Waals surface area contributed by atoms with Gasteiger partial charge in [0.2, 0.25) is 17.7 Å². The Bertz CT molecular complexity index is 678. The van der Waals surface area contributed by atoms with Crippen molar-refractivity contribution >= 4 is 17.6 Å². The maximum atomic E-state index is 11.4. The number of carbonyl (C=O) groups is 1. The molecule has 0 bridgehead atoms. The number of carboxylic acids is 1. The molecule has 1 aromatic carbocycles. The molecule has 21 heavy (non-hydrogen) atoms. The van der Waals surface area contributed by atoms with Gasteiger partial charge in [0.1, 0.15) is 5.56 Å². The fraction of sp³-hybridized carbons (Fsp3) is 0.154. The zero-order valence-corrected chi connectivity index (χ0v) is 11.5. The number of nitrogens with zero attached hydrogens (tertiary/aromatic N) is 2. The fourth-order valence-corrected chi connectivity index (χ4v) is 1.92. The predicted molar refractivity (Wildman–Crippen MR) is 76.4 cm³/mol. The van der Waals surface area contributed by atoms with Gasteiger partial charge in [-0.2, -0.15) is 9.97 Å². The van der Waals surface area contributed by atoms with Gasteiger partial charge in [-0.05, 0) is 18.2 Å². The summed E-state index contributed by atoms with van der Waals surface area (Å²) >= 11 is 0. The highest BCUT2D eigenvalue weighted by Crippen LogP contribution is 2.39. The summed E-state index contributed by atoms with van der Waals surface area (Å²) in [5, 5.41) is 9.31. The van der Waals surface area contributed by atoms with Gasteiger partial charge >= 0.3 is 5.97 Å². The molecular weight excluding hydrogens is 276 g/mol. The average molecular weight is 290 g/mol. The van der Waals surface area contributed by atoms with Crippen molar-refractivity contribution < 1.29 is 19.4 Å². The van der Waals surface area contributed by atoms with E-state index in [9.17, 15) is 9.90 Å². The highest BCUT2D eigenvalue weighted by atomic mass is 16.5. The molecule has 5 N–H and O–H groups in total. The van der Waals surface area contributed by atoms with E-state index >= 15 is 0 Å². The molecule has 110 valence electrons. The molecule has 0 aliphatic heterocycles. The summed E-state index contributed by atoms with van der Waals surface area (Å²) in [6.45, 7) is 0. The minimum Gasteiger partial charge on any atom is -0.480 e. The Balaban J connectivity index is 2.83. The van der Waals surface area contributed by atoms with Gasteiger partial charge in [0.05, 0.1) is 19.8 Å². The SMILES string of the molecule is COc1nc(N)nc(OC)c1-c1cc(N)ccc1C(=O)O. The highest BCUT2D eigenvalue weighted by Gasteiger charge is 2.22. The molecule has 0 aliphatic carbocycles. The Morgan fingerprint density at radius 1 is 1.14 bits per heavy atom. The molecule has 2 rings (SSSR count). The molecule has 0 spiro atoms. The van der Waals surface area contributed by atoms with Crippen LogP contribution in [-0.4, -0.2) is 35.3 Å². The number of hydrogen-bond donors (Lipinski definition) is 3. The Hall–Kier alpha value is -3.03. The number of methoxy groups -OCH3 is 2. The van der Waals surface area contributed by atoms with E-state index in [-0.39, 0.29) is 34.4 Å². The number of nitrogen functional groups attached to an aromatic ring is 2. The summed E-state index contributed by atoms with van der Waals surface area (Å²) in [5.74, 6) is -0.959. The third-order valence-electron chi connectivity index (χ3n) is 2.79. The summed E-state index contributed by atoms with van der Waals surface area (Å²) in [4.78, 5) is 19.3. The fourth-order valence-electron chi connectivity index (χ4n) is 1.92. The van der Waals surface area contributed by atoms with Crippen LogP contribution < -0.4 is 20.9 Å². The standard InChI is InChI=1S/C13H14N4O4/c1-20-10-9(11(21-2)17-13(15)16-10)8-5-6(14)3-4-7(8)12(18)19/h3-5H,14H2,1-2H3,(H,18,19)(H2,15,16,17). The third-order valence-corrected chi connectivity index (χ3v) is 2.79. The first-order valence-corrected chi connectivity index (χ1v) is 5.86. The van der Waals surface area contributed by atoms with E-state index in [0.29, 0.717) is 5.69 Å². The van der Waals surface area contributed by atoms with Gasteiger partial charge in [-0.15, -0.1) is 0 Å². The molecule has 1 heterocycles. The van der Waals surface area contributed by atoms with Gasteiger partial charge in [0, 0.05) is 11.3 Å². The number of rotatable bonds is 4. The van der Waals surface area contributed by atoms with Gasteiger partial charge < -0.3 is 26.0 Å². The first-order chi connectivity index (χ1) is 9.97. The molecule has 8 heteroatoms. The van der Waals surface area contributed by atoms with Crippen molar-refractivity contribution in [2.24, 2.45) is 0 Å². The lowest BCUT2D eigenvalue weighted by Gasteiger charge is -2.14. The van der Waals surface area contributed by atoms with E-state index in [2.05, 4.69) is 9.97 Å². The second-order valence-corrected chi connectivity index (χ2v) is 4.09. The molecule has 0 unspecified atom stereocenters. The normalized spacial score (nSPS) is 10.2. The number of benzene rings is 1. The molecule has 0 saturated heterocycles. The zero-order chi connectivity index (χ0) is 15.6. The van der Waals surface area contributed by atoms with Crippen LogP contribution in [0.3, 0.4) is 0 Å². The number of hydrogen-bond acceptors (Lipinski definition) is 7. The van der Waals surface area contributed by atoms with Gasteiger partial charge in [-0.25, -0.2) is 4.79 Å². The highest BCUT2D eigenvalue weighted by molar-refractivity contribution is 5.98. The Labute approximate surface area is 120 Å². The molecule has 0 amide bonds. The van der Waals surface area contributed by atoms with Crippen molar-refractivity contribution in [2.75, 3.05) is 25.7 Å². The van der Waals surface area contributed by atoms with Crippen LogP contribution in [0, 0.1) is 0 Å². The number of aromatic nitrogens is 2. The van der Waals surface area contributed by atoms with Crippen molar-refractivity contribution in [2.45, 2.75) is 0 Å². The summed E-state index contributed by atoms with van der Waals surface area (Å²) in [6, 6.07) is 4.37. The zero-order valence-electron chi connectivity index (χ0n) is 11.5. The number of ether oxygens (including phenoxy) is 2. The van der Waals surface area contributed by atoms with Crippen molar-refractivity contribution in [3.63, 3.8) is 0 Å². The van der Waals surface area contributed by atoms with Crippen molar-refractivity contribution in [3.8, 4) is 22.9 Å². The van der Waals surface area contributed by atoms with E-state index < -0.39 is 5.97 Å². The summed E-state index contributed by atoms with van der Waals surface area (Å²) in [5.41, 5.74) is 12.3. The number of aromatic carboxylic acids is 1. The van der Waals surface area contributed by atoms with E-state index in [1.165, 1.54) is 32.4 Å². The Kier molecular flexibility index (Phi) is 3.79. The second-order valence-electron chi connectivity index (χ2n) is 4.09. The van der Waals surface area contributed by atoms with Gasteiger partial charge in [0.25, 0.3) is 0 Å². The smallest absolute Gasteiger partial charge is 0.336 e. The number of anilines is 2. The quantitative estimate of drug-likeness (QED) is 0.710. The summed E-state index contributed by atoms with van der Waals surface area (Å²) in [6.07, 6.45) is 0. The first-order valence-electron chi connectivity index (χ1n) is 5.86. The van der Waals surface area contributed by atoms with E-state index in [1.807, 2.05) is 0 Å². The van der Waals surface area contributed by atoms with Crippen LogP contribution in [0.5, 0.6) is 11.8 Å². The van der Waals surface area contributed by atoms with Crippen molar-refractivity contribution in [3.05, 3.63) is 23.8 Å². The molecule has 0 saturated carbocycles. The molecule has 0 aliphatic rings. The largest absolute Gasteiger partial charge is 0.480 e. The third kappa shape index (κ3) is 2.64. The van der Waals surface area contributed by atoms with Crippen LogP contribution >= 0.6 is 0 Å². The van der Waals surface area contributed by atoms with Crippen LogP contribution in [0.4, 0.5) is 11.6 Å². The second kappa shape index (κ2) is 5.53. The summed E-state index contributed by atoms with van der Waals surface area (Å²) in [7, 11) is 2.77. The molecule has 8 nitrogen and oxygen atoms in total. The predicted octanol–water partition coefficient (Wildman–Crippen LogP) is 1.02. The lowest BCUT2D eigenvalue weighted by molar-refractivity contribution is 0.0698. The topological polar surface area (TPSA) is 134 Å². The molecular formula is C13H14N4O4. The van der Waals surface area contributed by atoms with E-state index in [1.54, 1.807) is 0 Å². The van der Waals surface area contributed by atoms with Gasteiger partial charge in [-0.3, -0.25) is 0 Å². The van der Waals surface area contributed by atoms with Crippen LogP contribution in [0.15, 0.2) is 18.2 Å². The molecule has 2 aromatic rings. The van der Waals surface area contributed by atoms with Crippen molar-refractivity contribution in [1.82, 2.24) is 9.97 Å². The van der Waals surface area contributed by atoms with Crippen LogP contribution in [0.2, 0.25) is 0 Å². The monoisotopic (exact) mass is 290 g/mol. The average Bonchev–Trinajstić information content (AvgIpc) is 2.45. The molecule has 0 fully saturated rings. The minimum atomic E-state index is -1.12. The van der Waals surface area contributed by atoms with Crippen LogP contribution in [-0.2, 0) is 0 Å². The summed E-state index contributed by atoms with van der Waals surface area (Å²) < 4.78 is 10.3. The lowest BCUT2D eigenvalue weighted by Crippen LogP contribution is -2.06. The molecule has 0 atom stereocenters. The molecule has 1 aromatic heterocycles. The number of carboxylic acid groups (broad SMARTS) is 1. The number of nitrogens with two attached hydrogens (primary N) is 2. The van der Waals surface area contributed by atoms with E-state index in [0.717, 1.165) is 0 Å². The molecule has 0 radical (unpaired) electrons. The maximum absolute atomic E-state index is 11.4. The minimum absolute atomic E-state index is 0.0224. The van der Waals surface area contributed by atoms with E-state index in [4.69, 9.17) is 20.9 Å². The Morgan fingerprint density at radius 2 is 1.71 bits per heavy atom. The lowest BCUT2D eigenvalue weighted by atomic mass is 10.0.